The lowest BCUT2D eigenvalue weighted by Crippen LogP contribution is -2.02. The summed E-state index contributed by atoms with van der Waals surface area (Å²) >= 11 is 0. The number of rotatable bonds is 6. The first-order chi connectivity index (χ1) is 9.70. The second-order valence-corrected chi connectivity index (χ2v) is 4.42. The number of hydrogen-bond acceptors (Lipinski definition) is 3. The summed E-state index contributed by atoms with van der Waals surface area (Å²) in [6.07, 6.45) is 0. The van der Waals surface area contributed by atoms with E-state index in [4.69, 9.17) is 9.47 Å². The van der Waals surface area contributed by atoms with Gasteiger partial charge >= 0.3 is 0 Å². The molecule has 0 saturated carbocycles. The monoisotopic (exact) mass is 270 g/mol. The zero-order chi connectivity index (χ0) is 14.4. The molecule has 0 fully saturated rings. The van der Waals surface area contributed by atoms with Crippen LogP contribution in [0, 0.1) is 0 Å². The fourth-order valence-corrected chi connectivity index (χ4v) is 1.90. The van der Waals surface area contributed by atoms with Crippen molar-refractivity contribution in [2.75, 3.05) is 6.61 Å². The van der Waals surface area contributed by atoms with Crippen molar-refractivity contribution in [2.45, 2.75) is 20.5 Å². The Morgan fingerprint density at radius 1 is 1.05 bits per heavy atom. The summed E-state index contributed by atoms with van der Waals surface area (Å²) in [5, 5.41) is 0. The van der Waals surface area contributed by atoms with Crippen LogP contribution in [0.1, 0.15) is 29.8 Å². The fraction of sp³-hybridized carbons (Fsp3) is 0.235. The third-order valence-electron chi connectivity index (χ3n) is 2.88. The molecule has 0 unspecified atom stereocenters. The molecule has 0 aliphatic carbocycles. The quantitative estimate of drug-likeness (QED) is 0.747. The molecule has 0 N–H and O–H groups in total. The van der Waals surface area contributed by atoms with Gasteiger partial charge in [-0.25, -0.2) is 0 Å². The summed E-state index contributed by atoms with van der Waals surface area (Å²) in [7, 11) is 0. The van der Waals surface area contributed by atoms with Gasteiger partial charge in [-0.05, 0) is 31.5 Å². The van der Waals surface area contributed by atoms with Crippen molar-refractivity contribution < 1.29 is 14.3 Å². The third kappa shape index (κ3) is 3.60. The molecule has 0 amide bonds. The van der Waals surface area contributed by atoms with Gasteiger partial charge in [0, 0.05) is 6.07 Å². The molecule has 0 aliphatic rings. The molecule has 104 valence electrons. The molecule has 2 aromatic carbocycles. The van der Waals surface area contributed by atoms with Gasteiger partial charge < -0.3 is 9.47 Å². The Kier molecular flexibility index (Phi) is 4.77. The van der Waals surface area contributed by atoms with Gasteiger partial charge in [-0.1, -0.05) is 30.3 Å². The maximum absolute atomic E-state index is 11.6. The number of ether oxygens (including phenoxy) is 2. The molecule has 2 aromatic rings. The maximum Gasteiger partial charge on any atom is 0.163 e. The molecule has 0 heterocycles. The number of hydrogen-bond donors (Lipinski definition) is 0. The second-order valence-electron chi connectivity index (χ2n) is 4.42. The highest BCUT2D eigenvalue weighted by Crippen LogP contribution is 2.26. The van der Waals surface area contributed by atoms with Gasteiger partial charge in [-0.15, -0.1) is 0 Å². The number of benzene rings is 2. The van der Waals surface area contributed by atoms with Crippen LogP contribution < -0.4 is 9.47 Å². The van der Waals surface area contributed by atoms with E-state index in [1.807, 2.05) is 37.3 Å². The van der Waals surface area contributed by atoms with Crippen LogP contribution in [-0.4, -0.2) is 12.4 Å². The molecular weight excluding hydrogens is 252 g/mol. The van der Waals surface area contributed by atoms with Crippen LogP contribution in [-0.2, 0) is 6.61 Å². The van der Waals surface area contributed by atoms with Gasteiger partial charge in [0.05, 0.1) is 12.2 Å². The van der Waals surface area contributed by atoms with E-state index < -0.39 is 0 Å². The average molecular weight is 270 g/mol. The molecule has 0 aliphatic heterocycles. The second kappa shape index (κ2) is 6.75. The topological polar surface area (TPSA) is 35.5 Å². The van der Waals surface area contributed by atoms with Crippen LogP contribution in [0.15, 0.2) is 48.5 Å². The first kappa shape index (κ1) is 14.1. The van der Waals surface area contributed by atoms with Crippen LogP contribution in [0.5, 0.6) is 11.5 Å². The molecule has 0 bridgehead atoms. The van der Waals surface area contributed by atoms with Crippen LogP contribution >= 0.6 is 0 Å². The maximum atomic E-state index is 11.6. The van der Waals surface area contributed by atoms with E-state index in [2.05, 4.69) is 0 Å². The first-order valence-electron chi connectivity index (χ1n) is 6.65. The van der Waals surface area contributed by atoms with E-state index in [0.29, 0.717) is 30.3 Å². The lowest BCUT2D eigenvalue weighted by Gasteiger charge is -2.12. The normalized spacial score (nSPS) is 10.1. The van der Waals surface area contributed by atoms with Gasteiger partial charge in [0.15, 0.2) is 5.78 Å². The standard InChI is InChI=1S/C17H18O3/c1-3-19-15-9-10-16(13(2)18)17(11-15)20-12-14-7-5-4-6-8-14/h4-11H,3,12H2,1-2H3. The van der Waals surface area contributed by atoms with Crippen molar-refractivity contribution in [1.82, 2.24) is 0 Å². The van der Waals surface area contributed by atoms with Crippen molar-refractivity contribution in [1.29, 1.82) is 0 Å². The number of carbonyl (C=O) groups excluding carboxylic acids is 1. The molecule has 2 rings (SSSR count). The van der Waals surface area contributed by atoms with Gasteiger partial charge in [0.1, 0.15) is 18.1 Å². The highest BCUT2D eigenvalue weighted by atomic mass is 16.5. The predicted molar refractivity (Wildman–Crippen MR) is 78.4 cm³/mol. The molecule has 0 spiro atoms. The molecule has 20 heavy (non-hydrogen) atoms. The van der Waals surface area contributed by atoms with E-state index in [0.717, 1.165) is 5.56 Å². The van der Waals surface area contributed by atoms with Gasteiger partial charge in [0.25, 0.3) is 0 Å². The Bertz CT molecular complexity index is 576. The van der Waals surface area contributed by atoms with Gasteiger partial charge in [-0.3, -0.25) is 4.79 Å². The minimum atomic E-state index is -0.0175. The van der Waals surface area contributed by atoms with Gasteiger partial charge in [0.2, 0.25) is 0 Å². The lowest BCUT2D eigenvalue weighted by molar-refractivity contribution is 0.101. The van der Waals surface area contributed by atoms with Crippen molar-refractivity contribution in [2.24, 2.45) is 0 Å². The molecule has 0 radical (unpaired) electrons. The minimum Gasteiger partial charge on any atom is -0.494 e. The van der Waals surface area contributed by atoms with E-state index in [-0.39, 0.29) is 5.78 Å². The molecule has 3 heteroatoms. The SMILES string of the molecule is CCOc1ccc(C(C)=O)c(OCc2ccccc2)c1. The van der Waals surface area contributed by atoms with Crippen LogP contribution in [0.4, 0.5) is 0 Å². The Balaban J connectivity index is 2.19. The summed E-state index contributed by atoms with van der Waals surface area (Å²) in [5.74, 6) is 1.25. The molecule has 0 atom stereocenters. The van der Waals surface area contributed by atoms with E-state index in [1.54, 1.807) is 18.2 Å². The van der Waals surface area contributed by atoms with Crippen LogP contribution in [0.3, 0.4) is 0 Å². The zero-order valence-corrected chi connectivity index (χ0v) is 11.8. The van der Waals surface area contributed by atoms with Crippen molar-refractivity contribution in [3.05, 3.63) is 59.7 Å². The predicted octanol–water partition coefficient (Wildman–Crippen LogP) is 3.87. The number of ketones is 1. The largest absolute Gasteiger partial charge is 0.494 e. The Morgan fingerprint density at radius 2 is 1.80 bits per heavy atom. The van der Waals surface area contributed by atoms with E-state index in [1.165, 1.54) is 6.92 Å². The molecule has 0 saturated heterocycles. The fourth-order valence-electron chi connectivity index (χ4n) is 1.90. The smallest absolute Gasteiger partial charge is 0.163 e. The minimum absolute atomic E-state index is 0.0175. The summed E-state index contributed by atoms with van der Waals surface area (Å²) in [4.78, 5) is 11.6. The number of carbonyl (C=O) groups is 1. The Labute approximate surface area is 119 Å². The van der Waals surface area contributed by atoms with E-state index in [9.17, 15) is 4.79 Å². The highest BCUT2D eigenvalue weighted by molar-refractivity contribution is 5.97. The molecule has 0 aromatic heterocycles. The lowest BCUT2D eigenvalue weighted by atomic mass is 10.1. The zero-order valence-electron chi connectivity index (χ0n) is 11.8. The van der Waals surface area contributed by atoms with Crippen molar-refractivity contribution in [3.63, 3.8) is 0 Å². The van der Waals surface area contributed by atoms with Gasteiger partial charge in [-0.2, -0.15) is 0 Å². The molecular formula is C17H18O3. The third-order valence-corrected chi connectivity index (χ3v) is 2.88. The van der Waals surface area contributed by atoms with Crippen LogP contribution in [0.2, 0.25) is 0 Å². The summed E-state index contributed by atoms with van der Waals surface area (Å²) < 4.78 is 11.2. The van der Waals surface area contributed by atoms with E-state index >= 15 is 0 Å². The van der Waals surface area contributed by atoms with Crippen molar-refractivity contribution in [3.8, 4) is 11.5 Å². The first-order valence-corrected chi connectivity index (χ1v) is 6.65. The summed E-state index contributed by atoms with van der Waals surface area (Å²) in [6.45, 7) is 4.46. The van der Waals surface area contributed by atoms with Crippen LogP contribution in [0.25, 0.3) is 0 Å². The van der Waals surface area contributed by atoms with Crippen molar-refractivity contribution >= 4 is 5.78 Å². The Hall–Kier alpha value is -2.29. The highest BCUT2D eigenvalue weighted by Gasteiger charge is 2.10. The Morgan fingerprint density at radius 3 is 2.45 bits per heavy atom. The summed E-state index contributed by atoms with van der Waals surface area (Å²) in [5.41, 5.74) is 1.63. The summed E-state index contributed by atoms with van der Waals surface area (Å²) in [6, 6.07) is 15.1. The average Bonchev–Trinajstić information content (AvgIpc) is 2.46. The number of Topliss-reactive ketones (excluding diaryl/α,β-unsaturated/α-hetero) is 1. The molecule has 3 nitrogen and oxygen atoms in total.